The zero-order chi connectivity index (χ0) is 48.6. The number of hydrogen-bond acceptors (Lipinski definition) is 6. The molecule has 0 aromatic heterocycles. The molecule has 0 saturated heterocycles. The normalized spacial score (nSPS) is 12.9. The summed E-state index contributed by atoms with van der Waals surface area (Å²) < 4.78 is 16.8. The van der Waals surface area contributed by atoms with Crippen LogP contribution in [0.15, 0.2) is 109 Å². The van der Waals surface area contributed by atoms with Crippen LogP contribution >= 0.6 is 0 Å². The molecule has 1 unspecified atom stereocenters. The fourth-order valence-electron chi connectivity index (χ4n) is 7.18. The van der Waals surface area contributed by atoms with Crippen LogP contribution in [0.25, 0.3) is 0 Å². The molecule has 0 aliphatic heterocycles. The van der Waals surface area contributed by atoms with Crippen molar-refractivity contribution in [3.8, 4) is 0 Å². The zero-order valence-electron chi connectivity index (χ0n) is 43.4. The van der Waals surface area contributed by atoms with Crippen LogP contribution in [0, 0.1) is 0 Å². The van der Waals surface area contributed by atoms with Gasteiger partial charge in [0.25, 0.3) is 0 Å². The topological polar surface area (TPSA) is 78.9 Å². The molecule has 6 nitrogen and oxygen atoms in total. The van der Waals surface area contributed by atoms with E-state index in [0.29, 0.717) is 19.3 Å². The maximum Gasteiger partial charge on any atom is 0.306 e. The van der Waals surface area contributed by atoms with Crippen molar-refractivity contribution < 1.29 is 28.6 Å². The predicted octanol–water partition coefficient (Wildman–Crippen LogP) is 18.3. The highest BCUT2D eigenvalue weighted by atomic mass is 16.6. The molecule has 0 heterocycles. The molecule has 1 atom stereocenters. The average molecular weight is 929 g/mol. The summed E-state index contributed by atoms with van der Waals surface area (Å²) in [5.74, 6) is -0.953. The first-order valence-electron chi connectivity index (χ1n) is 27.4. The summed E-state index contributed by atoms with van der Waals surface area (Å²) in [5, 5.41) is 0. The van der Waals surface area contributed by atoms with Gasteiger partial charge in [-0.25, -0.2) is 0 Å². The van der Waals surface area contributed by atoms with E-state index in [1.807, 2.05) is 0 Å². The molecule has 0 aliphatic carbocycles. The Hall–Kier alpha value is -3.93. The second-order valence-electron chi connectivity index (χ2n) is 17.7. The highest BCUT2D eigenvalue weighted by Gasteiger charge is 2.19. The second-order valence-corrected chi connectivity index (χ2v) is 17.7. The third-order valence-electron chi connectivity index (χ3n) is 11.2. The van der Waals surface area contributed by atoms with E-state index in [1.165, 1.54) is 64.2 Å². The van der Waals surface area contributed by atoms with E-state index in [1.54, 1.807) is 0 Å². The van der Waals surface area contributed by atoms with E-state index in [0.717, 1.165) is 135 Å². The van der Waals surface area contributed by atoms with Crippen molar-refractivity contribution in [1.29, 1.82) is 0 Å². The molecule has 6 heteroatoms. The smallest absolute Gasteiger partial charge is 0.306 e. The Morgan fingerprint density at radius 1 is 0.313 bits per heavy atom. The van der Waals surface area contributed by atoms with Crippen molar-refractivity contribution in [2.24, 2.45) is 0 Å². The van der Waals surface area contributed by atoms with Crippen LogP contribution in [0.2, 0.25) is 0 Å². The number of carbonyl (C=O) groups is 3. The van der Waals surface area contributed by atoms with Gasteiger partial charge in [0.15, 0.2) is 6.10 Å². The quantitative estimate of drug-likeness (QED) is 0.0262. The molecule has 0 radical (unpaired) electrons. The summed E-state index contributed by atoms with van der Waals surface area (Å²) in [6.07, 6.45) is 73.6. The molecule has 0 spiro atoms. The van der Waals surface area contributed by atoms with Crippen molar-refractivity contribution in [3.05, 3.63) is 109 Å². The van der Waals surface area contributed by atoms with Gasteiger partial charge in [-0.2, -0.15) is 0 Å². The van der Waals surface area contributed by atoms with Gasteiger partial charge in [0.1, 0.15) is 13.2 Å². The molecule has 0 aromatic carbocycles. The standard InChI is InChI=1S/C61H100O6/c1-4-7-10-13-16-19-22-25-27-29-30-32-33-36-39-42-45-48-51-54-60(63)66-57-58(56-65-59(62)53-50-47-44-41-38-35-24-21-18-15-12-9-6-3)67-61(64)55-52-49-46-43-40-37-34-31-28-26-23-20-17-14-11-8-5-2/h7,9-10,12,16-21,25-28,30,32,35,38,58H,4-6,8,11,13-15,22-24,29,31,33-34,36-37,39-57H2,1-3H3/b10-7-,12-9-,19-16-,20-17-,21-18-,27-25-,28-26-,32-30-,38-35-. The molecule has 0 fully saturated rings. The molecule has 0 N–H and O–H groups in total. The molecular formula is C61H100O6. The molecule has 0 amide bonds. The largest absolute Gasteiger partial charge is 0.462 e. The van der Waals surface area contributed by atoms with Crippen molar-refractivity contribution in [1.82, 2.24) is 0 Å². The van der Waals surface area contributed by atoms with Gasteiger partial charge >= 0.3 is 17.9 Å². The molecule has 0 aromatic rings. The van der Waals surface area contributed by atoms with E-state index in [9.17, 15) is 14.4 Å². The molecule has 380 valence electrons. The van der Waals surface area contributed by atoms with Crippen molar-refractivity contribution in [3.63, 3.8) is 0 Å². The lowest BCUT2D eigenvalue weighted by molar-refractivity contribution is -0.167. The fraction of sp³-hybridized carbons (Fsp3) is 0.656. The molecule has 0 saturated carbocycles. The highest BCUT2D eigenvalue weighted by molar-refractivity contribution is 5.71. The summed E-state index contributed by atoms with van der Waals surface area (Å²) in [7, 11) is 0. The third-order valence-corrected chi connectivity index (χ3v) is 11.2. The minimum absolute atomic E-state index is 0.100. The maximum atomic E-state index is 12.8. The van der Waals surface area contributed by atoms with Crippen LogP contribution < -0.4 is 0 Å². The van der Waals surface area contributed by atoms with Gasteiger partial charge in [-0.05, 0) is 122 Å². The number of hydrogen-bond donors (Lipinski definition) is 0. The minimum Gasteiger partial charge on any atom is -0.462 e. The highest BCUT2D eigenvalue weighted by Crippen LogP contribution is 2.14. The Bertz CT molecular complexity index is 1390. The number of carbonyl (C=O) groups excluding carboxylic acids is 3. The lowest BCUT2D eigenvalue weighted by atomic mass is 10.1. The zero-order valence-corrected chi connectivity index (χ0v) is 43.4. The molecule has 0 rings (SSSR count). The lowest BCUT2D eigenvalue weighted by Crippen LogP contribution is -2.30. The van der Waals surface area contributed by atoms with Crippen LogP contribution in [0.4, 0.5) is 0 Å². The summed E-state index contributed by atoms with van der Waals surface area (Å²) in [5.41, 5.74) is 0. The molecule has 0 bridgehead atoms. The first-order chi connectivity index (χ1) is 33.0. The van der Waals surface area contributed by atoms with E-state index < -0.39 is 6.10 Å². The predicted molar refractivity (Wildman–Crippen MR) is 288 cm³/mol. The van der Waals surface area contributed by atoms with E-state index in [2.05, 4.69) is 130 Å². The van der Waals surface area contributed by atoms with Gasteiger partial charge < -0.3 is 14.2 Å². The fourth-order valence-corrected chi connectivity index (χ4v) is 7.18. The number of ether oxygens (including phenoxy) is 3. The Kier molecular flexibility index (Phi) is 51.5. The maximum absolute atomic E-state index is 12.8. The minimum atomic E-state index is -0.802. The third kappa shape index (κ3) is 52.9. The van der Waals surface area contributed by atoms with Gasteiger partial charge in [-0.1, -0.05) is 207 Å². The van der Waals surface area contributed by atoms with Crippen molar-refractivity contribution in [2.75, 3.05) is 13.2 Å². The number of unbranched alkanes of at least 4 members (excludes halogenated alkanes) is 19. The number of allylic oxidation sites excluding steroid dienone is 18. The SMILES string of the molecule is CC/C=C\C/C=C\C/C=C\C/C=C\CCCCCCCCC(=O)OCC(COC(=O)CCCCC/C=C\C/C=C\C/C=C\CC)OC(=O)CCCCCCCCC/C=C\C/C=C\CCCCC. The van der Waals surface area contributed by atoms with Gasteiger partial charge in [0, 0.05) is 19.3 Å². The van der Waals surface area contributed by atoms with Gasteiger partial charge in [0.2, 0.25) is 0 Å². The number of esters is 3. The first kappa shape index (κ1) is 63.1. The van der Waals surface area contributed by atoms with E-state index >= 15 is 0 Å². The Morgan fingerprint density at radius 2 is 0.582 bits per heavy atom. The van der Waals surface area contributed by atoms with E-state index in [4.69, 9.17) is 14.2 Å². The monoisotopic (exact) mass is 929 g/mol. The van der Waals surface area contributed by atoms with Gasteiger partial charge in [0.05, 0.1) is 0 Å². The Labute approximate surface area is 412 Å². The molecule has 0 aliphatic rings. The Morgan fingerprint density at radius 3 is 0.925 bits per heavy atom. The summed E-state index contributed by atoms with van der Waals surface area (Å²) >= 11 is 0. The van der Waals surface area contributed by atoms with Crippen LogP contribution in [-0.2, 0) is 28.6 Å². The summed E-state index contributed by atoms with van der Waals surface area (Å²) in [4.78, 5) is 38.1. The summed E-state index contributed by atoms with van der Waals surface area (Å²) in [6.45, 7) is 6.34. The lowest BCUT2D eigenvalue weighted by Gasteiger charge is -2.18. The Balaban J connectivity index is 4.46. The van der Waals surface area contributed by atoms with Gasteiger partial charge in [-0.15, -0.1) is 0 Å². The second kappa shape index (κ2) is 54.7. The van der Waals surface area contributed by atoms with Crippen LogP contribution in [-0.4, -0.2) is 37.2 Å². The molecule has 67 heavy (non-hydrogen) atoms. The van der Waals surface area contributed by atoms with Gasteiger partial charge in [-0.3, -0.25) is 14.4 Å². The molecular weight excluding hydrogens is 829 g/mol. The average Bonchev–Trinajstić information content (AvgIpc) is 3.33. The van der Waals surface area contributed by atoms with Crippen LogP contribution in [0.1, 0.15) is 239 Å². The van der Waals surface area contributed by atoms with Crippen molar-refractivity contribution in [2.45, 2.75) is 245 Å². The van der Waals surface area contributed by atoms with Crippen LogP contribution in [0.3, 0.4) is 0 Å². The van der Waals surface area contributed by atoms with E-state index in [-0.39, 0.29) is 31.1 Å². The van der Waals surface area contributed by atoms with Crippen molar-refractivity contribution >= 4 is 17.9 Å². The summed E-state index contributed by atoms with van der Waals surface area (Å²) in [6, 6.07) is 0. The van der Waals surface area contributed by atoms with Crippen LogP contribution in [0.5, 0.6) is 0 Å². The first-order valence-corrected chi connectivity index (χ1v) is 27.4. The number of rotatable bonds is 48.